The van der Waals surface area contributed by atoms with Gasteiger partial charge in [-0.2, -0.15) is 0 Å². The maximum absolute atomic E-state index is 10.5. The highest BCUT2D eigenvalue weighted by atomic mass is 32.2. The van der Waals surface area contributed by atoms with Gasteiger partial charge in [0.25, 0.3) is 0 Å². The zero-order chi connectivity index (χ0) is 12.4. The van der Waals surface area contributed by atoms with Gasteiger partial charge in [-0.1, -0.05) is 11.1 Å². The van der Waals surface area contributed by atoms with Gasteiger partial charge in [0.05, 0.1) is 0 Å². The molecule has 0 heterocycles. The van der Waals surface area contributed by atoms with Crippen molar-refractivity contribution in [3.8, 4) is 0 Å². The molecule has 0 spiro atoms. The summed E-state index contributed by atoms with van der Waals surface area (Å²) in [6, 6.07) is 0.552. The van der Waals surface area contributed by atoms with Gasteiger partial charge in [-0.25, -0.2) is 0 Å². The second kappa shape index (κ2) is 9.26. The van der Waals surface area contributed by atoms with Crippen molar-refractivity contribution >= 4 is 19.9 Å². The summed E-state index contributed by atoms with van der Waals surface area (Å²) >= 11 is -2.01. The van der Waals surface area contributed by atoms with E-state index in [1.54, 1.807) is 0 Å². The molecule has 0 bridgehead atoms. The molecule has 0 amide bonds. The third kappa shape index (κ3) is 6.72. The maximum Gasteiger partial charge on any atom is 0.500 e. The van der Waals surface area contributed by atoms with E-state index in [4.69, 9.17) is 13.3 Å². The van der Waals surface area contributed by atoms with Crippen molar-refractivity contribution in [2.24, 2.45) is 0 Å². The van der Waals surface area contributed by atoms with E-state index in [2.05, 4.69) is 0 Å². The first-order valence-electron chi connectivity index (χ1n) is 5.58. The normalized spacial score (nSPS) is 14.0. The van der Waals surface area contributed by atoms with E-state index < -0.39 is 19.9 Å². The van der Waals surface area contributed by atoms with Crippen LogP contribution in [0.4, 0.5) is 0 Å². The predicted molar refractivity (Wildman–Crippen MR) is 63.8 cm³/mol. The zero-order valence-corrected chi connectivity index (χ0v) is 12.0. The predicted octanol–water partition coefficient (Wildman–Crippen LogP) is 1.30. The zero-order valence-electron chi connectivity index (χ0n) is 10.2. The minimum absolute atomic E-state index is 0.127. The molecule has 0 saturated heterocycles. The third-order valence-electron chi connectivity index (χ3n) is 1.89. The van der Waals surface area contributed by atoms with Crippen LogP contribution in [0.3, 0.4) is 0 Å². The summed E-state index contributed by atoms with van der Waals surface area (Å²) in [7, 11) is -2.64. The van der Waals surface area contributed by atoms with Gasteiger partial charge in [0.2, 0.25) is 0 Å². The molecule has 0 rings (SSSR count). The van der Waals surface area contributed by atoms with Crippen molar-refractivity contribution in [1.82, 2.24) is 0 Å². The van der Waals surface area contributed by atoms with Crippen LogP contribution in [0.1, 0.15) is 27.2 Å². The Kier molecular flexibility index (Phi) is 9.38. The Morgan fingerprint density at radius 2 is 1.50 bits per heavy atom. The Bertz CT molecular complexity index is 185. The van der Waals surface area contributed by atoms with E-state index in [1.165, 1.54) is 0 Å². The highest BCUT2D eigenvalue weighted by molar-refractivity contribution is 7.79. The van der Waals surface area contributed by atoms with Crippen LogP contribution in [0.5, 0.6) is 0 Å². The molecule has 16 heavy (non-hydrogen) atoms. The number of hydrogen-bond acceptors (Lipinski definition) is 5. The third-order valence-corrected chi connectivity index (χ3v) is 5.66. The Labute approximate surface area is 101 Å². The highest BCUT2D eigenvalue weighted by Gasteiger charge is 2.39. The molecule has 0 aliphatic heterocycles. The van der Waals surface area contributed by atoms with Gasteiger partial charge in [-0.05, 0) is 27.2 Å². The summed E-state index contributed by atoms with van der Waals surface area (Å²) in [6.45, 7) is 7.20. The molecule has 7 heteroatoms. The molecular formula is C9H21O5SSi-. The SMILES string of the molecule is CCO[Si](CCCS(=O)[O-])(OCC)OCC. The molecule has 0 radical (unpaired) electrons. The molecule has 5 nitrogen and oxygen atoms in total. The molecule has 0 fully saturated rings. The second-order valence-corrected chi connectivity index (χ2v) is 6.84. The Balaban J connectivity index is 4.28. The molecule has 0 aromatic heterocycles. The highest BCUT2D eigenvalue weighted by Crippen LogP contribution is 2.18. The van der Waals surface area contributed by atoms with E-state index >= 15 is 0 Å². The monoisotopic (exact) mass is 269 g/mol. The van der Waals surface area contributed by atoms with Crippen molar-refractivity contribution in [2.75, 3.05) is 25.6 Å². The van der Waals surface area contributed by atoms with Crippen LogP contribution in [0, 0.1) is 0 Å². The van der Waals surface area contributed by atoms with Gasteiger partial charge < -0.3 is 17.8 Å². The average Bonchev–Trinajstić information content (AvgIpc) is 2.18. The molecular weight excluding hydrogens is 248 g/mol. The summed E-state index contributed by atoms with van der Waals surface area (Å²) in [4.78, 5) is 0. The fraction of sp³-hybridized carbons (Fsp3) is 1.00. The largest absolute Gasteiger partial charge is 0.772 e. The van der Waals surface area contributed by atoms with Crippen molar-refractivity contribution in [1.29, 1.82) is 0 Å². The summed E-state index contributed by atoms with van der Waals surface area (Å²) in [5, 5.41) is 0. The lowest BCUT2D eigenvalue weighted by Crippen LogP contribution is -2.46. The van der Waals surface area contributed by atoms with E-state index in [1.807, 2.05) is 20.8 Å². The van der Waals surface area contributed by atoms with E-state index in [-0.39, 0.29) is 5.75 Å². The number of hydrogen-bond donors (Lipinski definition) is 0. The molecule has 0 aliphatic rings. The first-order valence-corrected chi connectivity index (χ1v) is 8.75. The lowest BCUT2D eigenvalue weighted by molar-refractivity contribution is 0.0712. The quantitative estimate of drug-likeness (QED) is 0.442. The molecule has 0 saturated carbocycles. The molecule has 0 N–H and O–H groups in total. The Morgan fingerprint density at radius 1 is 1.06 bits per heavy atom. The van der Waals surface area contributed by atoms with Crippen LogP contribution in [-0.2, 0) is 24.4 Å². The van der Waals surface area contributed by atoms with Gasteiger partial charge in [-0.15, -0.1) is 0 Å². The first-order chi connectivity index (χ1) is 7.60. The van der Waals surface area contributed by atoms with Crippen LogP contribution in [0.2, 0.25) is 6.04 Å². The summed E-state index contributed by atoms with van der Waals surface area (Å²) in [6.07, 6.45) is 0.516. The van der Waals surface area contributed by atoms with Gasteiger partial charge in [0, 0.05) is 31.6 Å². The molecule has 0 aromatic rings. The summed E-state index contributed by atoms with van der Waals surface area (Å²) < 4.78 is 37.7. The van der Waals surface area contributed by atoms with Crippen molar-refractivity contribution in [2.45, 2.75) is 33.2 Å². The van der Waals surface area contributed by atoms with Crippen molar-refractivity contribution in [3.63, 3.8) is 0 Å². The average molecular weight is 269 g/mol. The molecule has 1 atom stereocenters. The minimum Gasteiger partial charge on any atom is -0.772 e. The van der Waals surface area contributed by atoms with Crippen LogP contribution in [-0.4, -0.2) is 43.1 Å². The van der Waals surface area contributed by atoms with Crippen LogP contribution in [0.15, 0.2) is 0 Å². The van der Waals surface area contributed by atoms with Gasteiger partial charge in [-0.3, -0.25) is 4.21 Å². The van der Waals surface area contributed by atoms with Crippen LogP contribution in [0.25, 0.3) is 0 Å². The van der Waals surface area contributed by atoms with Crippen molar-refractivity contribution < 1.29 is 22.0 Å². The van der Waals surface area contributed by atoms with Crippen LogP contribution >= 0.6 is 0 Å². The van der Waals surface area contributed by atoms with Gasteiger partial charge in [0.1, 0.15) is 0 Å². The fourth-order valence-corrected chi connectivity index (χ4v) is 4.66. The minimum atomic E-state index is -2.64. The van der Waals surface area contributed by atoms with E-state index in [0.717, 1.165) is 0 Å². The fourth-order valence-electron chi connectivity index (χ4n) is 1.41. The van der Waals surface area contributed by atoms with Gasteiger partial charge in [0.15, 0.2) is 0 Å². The Morgan fingerprint density at radius 3 is 1.81 bits per heavy atom. The lowest BCUT2D eigenvalue weighted by atomic mass is 10.6. The molecule has 98 valence electrons. The smallest absolute Gasteiger partial charge is 0.500 e. The molecule has 1 unspecified atom stereocenters. The van der Waals surface area contributed by atoms with Crippen molar-refractivity contribution in [3.05, 3.63) is 0 Å². The second-order valence-electron chi connectivity index (χ2n) is 3.09. The molecule has 0 aliphatic carbocycles. The van der Waals surface area contributed by atoms with Crippen LogP contribution < -0.4 is 0 Å². The maximum atomic E-state index is 10.5. The standard InChI is InChI=1S/C9H22O5SSi/c1-4-12-16(13-5-2,14-6-3)9-7-8-15(10)11/h4-9H2,1-3H3,(H,10,11)/p-1. The Hall–Kier alpha value is 0.207. The topological polar surface area (TPSA) is 67.8 Å². The number of rotatable bonds is 10. The first kappa shape index (κ1) is 16.2. The van der Waals surface area contributed by atoms with E-state index in [0.29, 0.717) is 32.3 Å². The summed E-state index contributed by atoms with van der Waals surface area (Å²) in [5.74, 6) is 0.127. The summed E-state index contributed by atoms with van der Waals surface area (Å²) in [5.41, 5.74) is 0. The molecule has 0 aromatic carbocycles. The van der Waals surface area contributed by atoms with Gasteiger partial charge >= 0.3 is 8.80 Å². The van der Waals surface area contributed by atoms with E-state index in [9.17, 15) is 8.76 Å². The lowest BCUT2D eigenvalue weighted by Gasteiger charge is -2.28.